The second-order valence-corrected chi connectivity index (χ2v) is 3.66. The molecule has 0 aromatic heterocycles. The van der Waals surface area contributed by atoms with Crippen LogP contribution in [0.15, 0.2) is 0 Å². The van der Waals surface area contributed by atoms with Crippen molar-refractivity contribution in [1.82, 2.24) is 0 Å². The normalized spacial score (nSPS) is 12.4. The van der Waals surface area contributed by atoms with E-state index in [1.807, 2.05) is 0 Å². The molecule has 0 saturated carbocycles. The van der Waals surface area contributed by atoms with Crippen LogP contribution in [-0.2, 0) is 29.6 Å². The number of carboxylic acids is 1. The van der Waals surface area contributed by atoms with Gasteiger partial charge in [0.05, 0.1) is 0 Å². The number of carboxylic acid groups (broad SMARTS) is 1. The minimum Gasteiger partial charge on any atom is -0.550 e. The smallest absolute Gasteiger partial charge is 0.550 e. The third kappa shape index (κ3) is 6.78. The molecule has 0 aliphatic carbocycles. The first-order valence-corrected chi connectivity index (χ1v) is 4.47. The Balaban J connectivity index is 0. The molecule has 0 aliphatic rings. The summed E-state index contributed by atoms with van der Waals surface area (Å²) in [6, 6.07) is 0. The molecule has 0 heterocycles. The van der Waals surface area contributed by atoms with Crippen LogP contribution < -0.4 is 34.7 Å². The number of hydrogen-bond acceptors (Lipinski definition) is 8. The van der Waals surface area contributed by atoms with Crippen LogP contribution in [0.5, 0.6) is 0 Å². The molecule has 0 saturated heterocycles. The Morgan fingerprint density at radius 1 is 1.40 bits per heavy atom. The number of carbonyl (C=O) groups is 2. The Bertz CT molecular complexity index is 321. The van der Waals surface area contributed by atoms with Crippen LogP contribution >= 0.6 is 0 Å². The molecule has 0 aromatic carbocycles. The van der Waals surface area contributed by atoms with Gasteiger partial charge >= 0.3 is 35.5 Å². The Labute approximate surface area is 106 Å². The van der Waals surface area contributed by atoms with Crippen LogP contribution in [0.4, 0.5) is 0 Å². The van der Waals surface area contributed by atoms with E-state index in [9.17, 15) is 23.1 Å². The van der Waals surface area contributed by atoms with E-state index in [0.717, 1.165) is 0 Å². The minimum atomic E-state index is -4.97. The summed E-state index contributed by atoms with van der Waals surface area (Å²) in [6.07, 6.45) is -1.32. The van der Waals surface area contributed by atoms with Gasteiger partial charge in [0.2, 0.25) is 0 Å². The molecule has 0 aliphatic heterocycles. The van der Waals surface area contributed by atoms with Crippen LogP contribution in [0.1, 0.15) is 6.42 Å². The Kier molecular flexibility index (Phi) is 8.14. The third-order valence-electron chi connectivity index (χ3n) is 1.09. The van der Waals surface area contributed by atoms with Gasteiger partial charge in [-0.25, -0.2) is 10.1 Å². The molecule has 0 aromatic rings. The van der Waals surface area contributed by atoms with Crippen molar-refractivity contribution in [2.45, 2.75) is 11.7 Å². The van der Waals surface area contributed by atoms with Crippen LogP contribution in [0.2, 0.25) is 0 Å². The predicted octanol–water partition coefficient (Wildman–Crippen LogP) is -5.67. The standard InChI is InChI=1S/C4H6O9S.Na/c5-3(6)1-2(14(9,10)11)4(7)12-13-8;/h2,8H,1H2,(H,5,6)(H,9,10,11);/q;+1/p-1. The monoisotopic (exact) mass is 252 g/mol. The largest absolute Gasteiger partial charge is 1.00 e. The fourth-order valence-electron chi connectivity index (χ4n) is 0.552. The third-order valence-corrected chi connectivity index (χ3v) is 2.17. The summed E-state index contributed by atoms with van der Waals surface area (Å²) >= 11 is 0. The fraction of sp³-hybridized carbons (Fsp3) is 0.500. The summed E-state index contributed by atoms with van der Waals surface area (Å²) in [5.74, 6) is -3.68. The fourth-order valence-corrected chi connectivity index (χ4v) is 1.18. The average Bonchev–Trinajstić information content (AvgIpc) is 1.98. The zero-order valence-electron chi connectivity index (χ0n) is 7.44. The van der Waals surface area contributed by atoms with E-state index in [4.69, 9.17) is 9.81 Å². The van der Waals surface area contributed by atoms with Gasteiger partial charge in [-0.2, -0.15) is 8.42 Å². The SMILES string of the molecule is O=C([O-])CC(C(=O)OOO)S(=O)(=O)O.[Na+]. The molecule has 82 valence electrons. The van der Waals surface area contributed by atoms with Gasteiger partial charge in [-0.05, 0) is 5.04 Å². The van der Waals surface area contributed by atoms with Crippen molar-refractivity contribution in [2.24, 2.45) is 0 Å². The maximum Gasteiger partial charge on any atom is 1.00 e. The summed E-state index contributed by atoms with van der Waals surface area (Å²) in [5, 5.41) is 18.0. The first-order valence-electron chi connectivity index (χ1n) is 2.97. The van der Waals surface area contributed by atoms with Crippen LogP contribution in [0.3, 0.4) is 0 Å². The molecule has 0 rings (SSSR count). The summed E-state index contributed by atoms with van der Waals surface area (Å²) in [4.78, 5) is 23.9. The molecule has 1 atom stereocenters. The summed E-state index contributed by atoms with van der Waals surface area (Å²) in [7, 11) is -4.97. The number of carbonyl (C=O) groups excluding carboxylic acids is 2. The Hall–Kier alpha value is -0.230. The van der Waals surface area contributed by atoms with Gasteiger partial charge in [0.1, 0.15) is 0 Å². The van der Waals surface area contributed by atoms with E-state index in [1.165, 1.54) is 0 Å². The van der Waals surface area contributed by atoms with Gasteiger partial charge in [0.25, 0.3) is 10.1 Å². The quantitative estimate of drug-likeness (QED) is 0.211. The second-order valence-electron chi connectivity index (χ2n) is 2.06. The van der Waals surface area contributed by atoms with Gasteiger partial charge in [0.15, 0.2) is 5.25 Å². The first-order chi connectivity index (χ1) is 6.29. The van der Waals surface area contributed by atoms with Crippen molar-refractivity contribution >= 4 is 22.1 Å². The molecule has 0 radical (unpaired) electrons. The van der Waals surface area contributed by atoms with E-state index in [1.54, 1.807) is 0 Å². The summed E-state index contributed by atoms with van der Waals surface area (Å²) in [6.45, 7) is 0. The minimum absolute atomic E-state index is 0. The molecule has 0 bridgehead atoms. The molecular weight excluding hydrogens is 247 g/mol. The molecule has 0 amide bonds. The molecule has 11 heteroatoms. The van der Waals surface area contributed by atoms with Gasteiger partial charge in [-0.3, -0.25) is 9.44 Å². The van der Waals surface area contributed by atoms with Gasteiger partial charge < -0.3 is 9.90 Å². The van der Waals surface area contributed by atoms with Crippen molar-refractivity contribution in [1.29, 1.82) is 0 Å². The van der Waals surface area contributed by atoms with Crippen LogP contribution in [0.25, 0.3) is 0 Å². The predicted molar refractivity (Wildman–Crippen MR) is 34.8 cm³/mol. The molecular formula is C4H5NaO9S. The zero-order chi connectivity index (χ0) is 11.4. The molecule has 0 spiro atoms. The topological polar surface area (TPSA) is 150 Å². The maximum atomic E-state index is 10.6. The Morgan fingerprint density at radius 2 is 1.87 bits per heavy atom. The van der Waals surface area contributed by atoms with Gasteiger partial charge in [-0.1, -0.05) is 0 Å². The summed E-state index contributed by atoms with van der Waals surface area (Å²) < 4.78 is 29.2. The average molecular weight is 252 g/mol. The van der Waals surface area contributed by atoms with Crippen molar-refractivity contribution in [2.75, 3.05) is 0 Å². The van der Waals surface area contributed by atoms with E-state index >= 15 is 0 Å². The van der Waals surface area contributed by atoms with Gasteiger partial charge in [-0.15, -0.1) is 0 Å². The number of aliphatic carboxylic acids is 1. The molecule has 15 heavy (non-hydrogen) atoms. The van der Waals surface area contributed by atoms with E-state index in [2.05, 4.69) is 9.93 Å². The zero-order valence-corrected chi connectivity index (χ0v) is 10.3. The maximum absolute atomic E-state index is 10.6. The number of rotatable bonds is 5. The van der Waals surface area contributed by atoms with Gasteiger partial charge in [0, 0.05) is 12.4 Å². The van der Waals surface area contributed by atoms with E-state index in [-0.39, 0.29) is 29.6 Å². The number of hydrogen-bond donors (Lipinski definition) is 2. The van der Waals surface area contributed by atoms with Crippen molar-refractivity contribution in [3.05, 3.63) is 0 Å². The van der Waals surface area contributed by atoms with Crippen molar-refractivity contribution in [3.8, 4) is 0 Å². The van der Waals surface area contributed by atoms with Crippen LogP contribution in [0, 0.1) is 0 Å². The first kappa shape index (κ1) is 17.2. The molecule has 0 fully saturated rings. The molecule has 2 N–H and O–H groups in total. The van der Waals surface area contributed by atoms with E-state index in [0.29, 0.717) is 0 Å². The van der Waals surface area contributed by atoms with E-state index < -0.39 is 33.7 Å². The molecule has 1 unspecified atom stereocenters. The summed E-state index contributed by atoms with van der Waals surface area (Å²) in [5.41, 5.74) is 0. The van der Waals surface area contributed by atoms with Crippen molar-refractivity contribution in [3.63, 3.8) is 0 Å². The Morgan fingerprint density at radius 3 is 2.13 bits per heavy atom. The van der Waals surface area contributed by atoms with Crippen molar-refractivity contribution < 1.29 is 72.4 Å². The second kappa shape index (κ2) is 7.11. The van der Waals surface area contributed by atoms with Crippen LogP contribution in [-0.4, -0.2) is 35.4 Å². The molecule has 9 nitrogen and oxygen atoms in total.